The lowest BCUT2D eigenvalue weighted by molar-refractivity contribution is 1.12. The van der Waals surface area contributed by atoms with Gasteiger partial charge in [0.1, 0.15) is 0 Å². The third-order valence-corrected chi connectivity index (χ3v) is 1.74. The summed E-state index contributed by atoms with van der Waals surface area (Å²) < 4.78 is 0. The number of rotatable bonds is 2. The van der Waals surface area contributed by atoms with Crippen molar-refractivity contribution in [1.29, 1.82) is 0 Å². The molecule has 0 fully saturated rings. The molecule has 11 heavy (non-hydrogen) atoms. The molecule has 0 heteroatoms. The molecule has 1 rings (SSSR count). The predicted octanol–water partition coefficient (Wildman–Crippen LogP) is 3.00. The lowest BCUT2D eigenvalue weighted by atomic mass is 10.1. The zero-order valence-corrected chi connectivity index (χ0v) is 7.09. The van der Waals surface area contributed by atoms with E-state index in [-0.39, 0.29) is 0 Å². The Hall–Kier alpha value is -1.04. The summed E-state index contributed by atoms with van der Waals surface area (Å²) in [6.07, 6.45) is 4.16. The average Bonchev–Trinajstić information content (AvgIpc) is 2.06. The third kappa shape index (κ3) is 2.58. The van der Waals surface area contributed by atoms with E-state index in [4.69, 9.17) is 0 Å². The summed E-state index contributed by atoms with van der Waals surface area (Å²) in [5.41, 5.74) is 2.66. The fourth-order valence-corrected chi connectivity index (χ4v) is 0.990. The van der Waals surface area contributed by atoms with Crippen LogP contribution in [0.2, 0.25) is 0 Å². The van der Waals surface area contributed by atoms with Crippen LogP contribution in [0.4, 0.5) is 0 Å². The lowest BCUT2D eigenvalue weighted by Gasteiger charge is -1.98. The van der Waals surface area contributed by atoms with Crippen LogP contribution in [-0.4, -0.2) is 0 Å². The van der Waals surface area contributed by atoms with Crippen molar-refractivity contribution in [1.82, 2.24) is 0 Å². The van der Waals surface area contributed by atoms with E-state index in [0.29, 0.717) is 0 Å². The predicted molar refractivity (Wildman–Crippen MR) is 48.3 cm³/mol. The Kier molecular flexibility index (Phi) is 2.91. The van der Waals surface area contributed by atoms with Gasteiger partial charge in [-0.25, -0.2) is 0 Å². The summed E-state index contributed by atoms with van der Waals surface area (Å²) in [6, 6.07) is 10.5. The summed E-state index contributed by atoms with van der Waals surface area (Å²) in [7, 11) is 0. The van der Waals surface area contributed by atoms with Crippen LogP contribution < -0.4 is 0 Å². The van der Waals surface area contributed by atoms with Crippen molar-refractivity contribution < 1.29 is 0 Å². The van der Waals surface area contributed by atoms with E-state index >= 15 is 0 Å². The molecular weight excluding hydrogens is 132 g/mol. The van der Waals surface area contributed by atoms with Gasteiger partial charge in [-0.15, -0.1) is 0 Å². The summed E-state index contributed by atoms with van der Waals surface area (Å²) >= 11 is 0. The van der Waals surface area contributed by atoms with E-state index < -0.39 is 0 Å². The lowest BCUT2D eigenvalue weighted by Crippen LogP contribution is -1.84. The molecule has 0 saturated heterocycles. The van der Waals surface area contributed by atoms with E-state index in [0.717, 1.165) is 6.42 Å². The molecule has 0 unspecified atom stereocenters. The standard InChI is InChI=1S/C11H13/c1-3-10(2)9-11-7-5-4-6-8-11/h4-8H,9H2,1-2H3. The highest BCUT2D eigenvalue weighted by molar-refractivity contribution is 5.19. The second kappa shape index (κ2) is 3.97. The van der Waals surface area contributed by atoms with Gasteiger partial charge in [0.05, 0.1) is 0 Å². The highest BCUT2D eigenvalue weighted by Crippen LogP contribution is 2.05. The second-order valence-electron chi connectivity index (χ2n) is 2.69. The van der Waals surface area contributed by atoms with E-state index in [2.05, 4.69) is 37.3 Å². The highest BCUT2D eigenvalue weighted by Gasteiger charge is 1.90. The van der Waals surface area contributed by atoms with Crippen LogP contribution in [0.15, 0.2) is 35.9 Å². The Bertz CT molecular complexity index is 231. The smallest absolute Gasteiger partial charge is 0.00641 e. The first-order valence-electron chi connectivity index (χ1n) is 3.87. The maximum absolute atomic E-state index is 3.13. The van der Waals surface area contributed by atoms with Gasteiger partial charge in [-0.05, 0) is 31.9 Å². The van der Waals surface area contributed by atoms with Gasteiger partial charge in [0.15, 0.2) is 0 Å². The number of benzene rings is 1. The van der Waals surface area contributed by atoms with E-state index in [1.54, 1.807) is 0 Å². The van der Waals surface area contributed by atoms with Gasteiger partial charge < -0.3 is 0 Å². The molecule has 0 bridgehead atoms. The van der Waals surface area contributed by atoms with Crippen molar-refractivity contribution in [2.45, 2.75) is 20.3 Å². The number of allylic oxidation sites excluding steroid dienone is 2. The first kappa shape index (κ1) is 8.06. The van der Waals surface area contributed by atoms with Gasteiger partial charge in [-0.2, -0.15) is 0 Å². The monoisotopic (exact) mass is 145 g/mol. The first-order chi connectivity index (χ1) is 5.33. The molecule has 0 saturated carbocycles. The quantitative estimate of drug-likeness (QED) is 0.600. The SMILES string of the molecule is C/[C]=C(\C)Cc1ccccc1. The molecule has 57 valence electrons. The Morgan fingerprint density at radius 1 is 1.27 bits per heavy atom. The Labute approximate surface area is 68.6 Å². The van der Waals surface area contributed by atoms with Crippen LogP contribution in [0.3, 0.4) is 0 Å². The zero-order chi connectivity index (χ0) is 8.10. The van der Waals surface area contributed by atoms with Gasteiger partial charge >= 0.3 is 0 Å². The summed E-state index contributed by atoms with van der Waals surface area (Å²) in [5, 5.41) is 0. The first-order valence-corrected chi connectivity index (χ1v) is 3.87. The molecule has 0 nitrogen and oxygen atoms in total. The fraction of sp³-hybridized carbons (Fsp3) is 0.273. The van der Waals surface area contributed by atoms with Crippen LogP contribution in [0, 0.1) is 6.08 Å². The van der Waals surface area contributed by atoms with E-state index in [9.17, 15) is 0 Å². The summed E-state index contributed by atoms with van der Waals surface area (Å²) in [5.74, 6) is 0. The van der Waals surface area contributed by atoms with Crippen LogP contribution >= 0.6 is 0 Å². The van der Waals surface area contributed by atoms with Crippen molar-refractivity contribution >= 4 is 0 Å². The van der Waals surface area contributed by atoms with Crippen molar-refractivity contribution in [3.63, 3.8) is 0 Å². The topological polar surface area (TPSA) is 0 Å². The van der Waals surface area contributed by atoms with Crippen LogP contribution in [0.5, 0.6) is 0 Å². The number of hydrogen-bond donors (Lipinski definition) is 0. The Balaban J connectivity index is 2.65. The molecule has 0 amide bonds. The minimum Gasteiger partial charge on any atom is -0.0658 e. The Morgan fingerprint density at radius 2 is 1.91 bits per heavy atom. The Morgan fingerprint density at radius 3 is 2.45 bits per heavy atom. The van der Waals surface area contributed by atoms with Crippen LogP contribution in [0.1, 0.15) is 19.4 Å². The van der Waals surface area contributed by atoms with Gasteiger partial charge in [0.25, 0.3) is 0 Å². The molecule has 1 aromatic rings. The highest BCUT2D eigenvalue weighted by atomic mass is 14.0. The second-order valence-corrected chi connectivity index (χ2v) is 2.69. The minimum absolute atomic E-state index is 1.03. The fourth-order valence-electron chi connectivity index (χ4n) is 0.990. The molecule has 0 atom stereocenters. The van der Waals surface area contributed by atoms with Gasteiger partial charge in [-0.3, -0.25) is 0 Å². The van der Waals surface area contributed by atoms with Gasteiger partial charge in [-0.1, -0.05) is 35.9 Å². The molecule has 0 N–H and O–H groups in total. The molecule has 0 aliphatic carbocycles. The van der Waals surface area contributed by atoms with Crippen LogP contribution in [-0.2, 0) is 6.42 Å². The molecule has 0 aliphatic heterocycles. The molecular formula is C11H13. The molecule has 0 aliphatic rings. The van der Waals surface area contributed by atoms with Crippen molar-refractivity contribution in [2.24, 2.45) is 0 Å². The van der Waals surface area contributed by atoms with Gasteiger partial charge in [0, 0.05) is 0 Å². The zero-order valence-electron chi connectivity index (χ0n) is 7.09. The van der Waals surface area contributed by atoms with E-state index in [1.165, 1.54) is 11.1 Å². The summed E-state index contributed by atoms with van der Waals surface area (Å²) in [4.78, 5) is 0. The maximum atomic E-state index is 3.13. The van der Waals surface area contributed by atoms with Crippen molar-refractivity contribution in [3.05, 3.63) is 47.5 Å². The average molecular weight is 145 g/mol. The minimum atomic E-state index is 1.03. The molecule has 1 radical (unpaired) electrons. The summed E-state index contributed by atoms with van der Waals surface area (Å²) in [6.45, 7) is 4.06. The molecule has 0 spiro atoms. The normalized spacial score (nSPS) is 11.6. The maximum Gasteiger partial charge on any atom is -0.00641 e. The van der Waals surface area contributed by atoms with Crippen molar-refractivity contribution in [2.75, 3.05) is 0 Å². The number of hydrogen-bond acceptors (Lipinski definition) is 0. The molecule has 0 heterocycles. The molecule has 0 aromatic heterocycles. The van der Waals surface area contributed by atoms with Crippen molar-refractivity contribution in [3.8, 4) is 0 Å². The van der Waals surface area contributed by atoms with Crippen LogP contribution in [0.25, 0.3) is 0 Å². The van der Waals surface area contributed by atoms with E-state index in [1.807, 2.05) is 13.0 Å². The largest absolute Gasteiger partial charge is 0.0658 e. The molecule has 1 aromatic carbocycles. The third-order valence-electron chi connectivity index (χ3n) is 1.74. The van der Waals surface area contributed by atoms with Gasteiger partial charge in [0.2, 0.25) is 0 Å².